The van der Waals surface area contributed by atoms with Crippen molar-refractivity contribution in [2.75, 3.05) is 0 Å². The Morgan fingerprint density at radius 2 is 2.18 bits per heavy atom. The fourth-order valence-corrected chi connectivity index (χ4v) is 1.87. The van der Waals surface area contributed by atoms with Gasteiger partial charge in [-0.2, -0.15) is 0 Å². The van der Waals surface area contributed by atoms with Gasteiger partial charge in [-0.25, -0.2) is 4.37 Å². The zero-order valence-corrected chi connectivity index (χ0v) is 7.69. The van der Waals surface area contributed by atoms with Gasteiger partial charge in [0.15, 0.2) is 0 Å². The van der Waals surface area contributed by atoms with Gasteiger partial charge in [0, 0.05) is 6.20 Å². The minimum absolute atomic E-state index is 0.638. The van der Waals surface area contributed by atoms with Crippen molar-refractivity contribution >= 4 is 11.5 Å². The summed E-state index contributed by atoms with van der Waals surface area (Å²) in [5.41, 5.74) is -0.638. The van der Waals surface area contributed by atoms with Crippen LogP contribution in [0.3, 0.4) is 0 Å². The highest BCUT2D eigenvalue weighted by Gasteiger charge is 2.25. The molecular formula is C8H13NOS. The second-order valence-electron chi connectivity index (χ2n) is 2.62. The first kappa shape index (κ1) is 8.68. The third kappa shape index (κ3) is 1.60. The summed E-state index contributed by atoms with van der Waals surface area (Å²) in [4.78, 5) is 0.975. The second-order valence-corrected chi connectivity index (χ2v) is 3.45. The van der Waals surface area contributed by atoms with E-state index < -0.39 is 5.60 Å². The van der Waals surface area contributed by atoms with E-state index in [1.165, 1.54) is 11.5 Å². The van der Waals surface area contributed by atoms with E-state index in [4.69, 9.17) is 0 Å². The summed E-state index contributed by atoms with van der Waals surface area (Å²) in [6, 6.07) is 1.89. The molecule has 0 aliphatic carbocycles. The van der Waals surface area contributed by atoms with Crippen LogP contribution in [-0.4, -0.2) is 9.48 Å². The average molecular weight is 171 g/mol. The molecule has 0 spiro atoms. The van der Waals surface area contributed by atoms with Crippen LogP contribution in [0.4, 0.5) is 0 Å². The SMILES string of the molecule is CCC(O)(CC)c1ccns1. The summed E-state index contributed by atoms with van der Waals surface area (Å²) in [5, 5.41) is 9.96. The van der Waals surface area contributed by atoms with Crippen molar-refractivity contribution in [3.63, 3.8) is 0 Å². The number of rotatable bonds is 3. The number of aromatic nitrogens is 1. The Kier molecular flexibility index (Phi) is 2.62. The number of aliphatic hydroxyl groups is 1. The summed E-state index contributed by atoms with van der Waals surface area (Å²) < 4.78 is 3.97. The summed E-state index contributed by atoms with van der Waals surface area (Å²) in [6.45, 7) is 3.98. The molecule has 3 heteroatoms. The molecule has 11 heavy (non-hydrogen) atoms. The molecule has 0 fully saturated rings. The van der Waals surface area contributed by atoms with Crippen molar-refractivity contribution in [3.05, 3.63) is 17.1 Å². The number of hydrogen-bond acceptors (Lipinski definition) is 3. The minimum atomic E-state index is -0.638. The maximum Gasteiger partial charge on any atom is 0.0998 e. The maximum absolute atomic E-state index is 9.96. The predicted octanol–water partition coefficient (Wildman–Crippen LogP) is 2.15. The van der Waals surface area contributed by atoms with Gasteiger partial charge in [-0.3, -0.25) is 0 Å². The molecule has 1 aromatic rings. The summed E-state index contributed by atoms with van der Waals surface area (Å²) in [5.74, 6) is 0. The molecule has 0 radical (unpaired) electrons. The highest BCUT2D eigenvalue weighted by molar-refractivity contribution is 7.05. The molecule has 0 atom stereocenters. The molecule has 0 unspecified atom stereocenters. The molecule has 0 aromatic carbocycles. The smallest absolute Gasteiger partial charge is 0.0998 e. The first-order valence-electron chi connectivity index (χ1n) is 3.86. The molecule has 1 rings (SSSR count). The molecule has 0 saturated carbocycles. The molecule has 0 bridgehead atoms. The van der Waals surface area contributed by atoms with Crippen LogP contribution in [0, 0.1) is 0 Å². The van der Waals surface area contributed by atoms with Gasteiger partial charge in [-0.05, 0) is 30.4 Å². The molecule has 2 nitrogen and oxygen atoms in total. The number of hydrogen-bond donors (Lipinski definition) is 1. The molecule has 62 valence electrons. The van der Waals surface area contributed by atoms with E-state index in [2.05, 4.69) is 4.37 Å². The lowest BCUT2D eigenvalue weighted by Gasteiger charge is -2.22. The van der Waals surface area contributed by atoms with E-state index in [-0.39, 0.29) is 0 Å². The zero-order valence-electron chi connectivity index (χ0n) is 6.87. The fourth-order valence-electron chi connectivity index (χ4n) is 1.05. The molecule has 0 amide bonds. The molecular weight excluding hydrogens is 158 g/mol. The van der Waals surface area contributed by atoms with Gasteiger partial charge in [0.25, 0.3) is 0 Å². The number of nitrogens with zero attached hydrogens (tertiary/aromatic N) is 1. The lowest BCUT2D eigenvalue weighted by molar-refractivity contribution is 0.0321. The van der Waals surface area contributed by atoms with Crippen molar-refractivity contribution in [3.8, 4) is 0 Å². The van der Waals surface area contributed by atoms with Crippen LogP contribution in [0.25, 0.3) is 0 Å². The van der Waals surface area contributed by atoms with Gasteiger partial charge in [0.2, 0.25) is 0 Å². The lowest BCUT2D eigenvalue weighted by atomic mass is 9.96. The van der Waals surface area contributed by atoms with Crippen LogP contribution in [0.15, 0.2) is 12.3 Å². The second kappa shape index (κ2) is 3.32. The van der Waals surface area contributed by atoms with Gasteiger partial charge in [0.1, 0.15) is 0 Å². The normalized spacial score (nSPS) is 11.9. The molecule has 0 aliphatic rings. The maximum atomic E-state index is 9.96. The molecule has 0 aliphatic heterocycles. The highest BCUT2D eigenvalue weighted by Crippen LogP contribution is 2.30. The van der Waals surface area contributed by atoms with Crippen LogP contribution in [0.5, 0.6) is 0 Å². The summed E-state index contributed by atoms with van der Waals surface area (Å²) >= 11 is 1.38. The first-order valence-corrected chi connectivity index (χ1v) is 4.64. The quantitative estimate of drug-likeness (QED) is 0.756. The van der Waals surface area contributed by atoms with E-state index in [1.54, 1.807) is 6.20 Å². The van der Waals surface area contributed by atoms with Gasteiger partial charge in [0.05, 0.1) is 10.5 Å². The third-order valence-electron chi connectivity index (χ3n) is 2.07. The van der Waals surface area contributed by atoms with Crippen LogP contribution in [0.2, 0.25) is 0 Å². The van der Waals surface area contributed by atoms with Crippen LogP contribution >= 0.6 is 11.5 Å². The van der Waals surface area contributed by atoms with Gasteiger partial charge in [-0.1, -0.05) is 13.8 Å². The molecule has 0 saturated heterocycles. The van der Waals surface area contributed by atoms with Gasteiger partial charge >= 0.3 is 0 Å². The van der Waals surface area contributed by atoms with Crippen LogP contribution < -0.4 is 0 Å². The Morgan fingerprint density at radius 3 is 2.55 bits per heavy atom. The van der Waals surface area contributed by atoms with E-state index >= 15 is 0 Å². The largest absolute Gasteiger partial charge is 0.384 e. The average Bonchev–Trinajstić information content (AvgIpc) is 2.55. The van der Waals surface area contributed by atoms with Crippen molar-refractivity contribution in [1.29, 1.82) is 0 Å². The standard InChI is InChI=1S/C8H13NOS/c1-3-8(10,4-2)7-5-6-9-11-7/h5-6,10H,3-4H2,1-2H3. The Balaban J connectivity index is 2.87. The minimum Gasteiger partial charge on any atom is -0.384 e. The van der Waals surface area contributed by atoms with Crippen molar-refractivity contribution in [1.82, 2.24) is 4.37 Å². The van der Waals surface area contributed by atoms with Crippen molar-refractivity contribution < 1.29 is 5.11 Å². The highest BCUT2D eigenvalue weighted by atomic mass is 32.1. The van der Waals surface area contributed by atoms with Gasteiger partial charge in [-0.15, -0.1) is 0 Å². The Labute approximate surface area is 71.1 Å². The first-order chi connectivity index (χ1) is 5.23. The predicted molar refractivity (Wildman–Crippen MR) is 46.6 cm³/mol. The van der Waals surface area contributed by atoms with E-state index in [9.17, 15) is 5.11 Å². The van der Waals surface area contributed by atoms with Crippen molar-refractivity contribution in [2.45, 2.75) is 32.3 Å². The van der Waals surface area contributed by atoms with Gasteiger partial charge < -0.3 is 5.11 Å². The summed E-state index contributed by atoms with van der Waals surface area (Å²) in [7, 11) is 0. The lowest BCUT2D eigenvalue weighted by Crippen LogP contribution is -2.21. The van der Waals surface area contributed by atoms with E-state index in [0.717, 1.165) is 17.7 Å². The Hall–Kier alpha value is -0.410. The monoisotopic (exact) mass is 171 g/mol. The third-order valence-corrected chi connectivity index (χ3v) is 3.01. The topological polar surface area (TPSA) is 33.1 Å². The van der Waals surface area contributed by atoms with Crippen LogP contribution in [0.1, 0.15) is 31.6 Å². The summed E-state index contributed by atoms with van der Waals surface area (Å²) in [6.07, 6.45) is 3.24. The molecule has 1 aromatic heterocycles. The molecule has 1 N–H and O–H groups in total. The molecule has 1 heterocycles. The van der Waals surface area contributed by atoms with Crippen LogP contribution in [-0.2, 0) is 5.60 Å². The Bertz CT molecular complexity index is 204. The van der Waals surface area contributed by atoms with E-state index in [1.807, 2.05) is 19.9 Å². The van der Waals surface area contributed by atoms with E-state index in [0.29, 0.717) is 0 Å². The Morgan fingerprint density at radius 1 is 1.55 bits per heavy atom. The fraction of sp³-hybridized carbons (Fsp3) is 0.625. The van der Waals surface area contributed by atoms with Crippen molar-refractivity contribution in [2.24, 2.45) is 0 Å². The zero-order chi connectivity index (χ0) is 8.32.